The predicted molar refractivity (Wildman–Crippen MR) is 113 cm³/mol. The lowest BCUT2D eigenvalue weighted by Crippen LogP contribution is -2.39. The van der Waals surface area contributed by atoms with E-state index >= 15 is 0 Å². The molecular formula is C20H25ClN4O3S. The van der Waals surface area contributed by atoms with Crippen molar-refractivity contribution in [2.24, 2.45) is 5.92 Å². The number of aryl methyl sites for hydroxylation is 1. The number of sulfonamides is 1. The van der Waals surface area contributed by atoms with Crippen molar-refractivity contribution >= 4 is 33.3 Å². The zero-order valence-electron chi connectivity index (χ0n) is 16.8. The van der Waals surface area contributed by atoms with Gasteiger partial charge in [-0.15, -0.1) is 0 Å². The van der Waals surface area contributed by atoms with Gasteiger partial charge in [-0.3, -0.25) is 14.7 Å². The Hall–Kier alpha value is -2.03. The van der Waals surface area contributed by atoms with Crippen LogP contribution in [0.4, 0.5) is 5.82 Å². The molecule has 0 unspecified atom stereocenters. The highest BCUT2D eigenvalue weighted by atomic mass is 35.5. The molecule has 1 saturated heterocycles. The molecule has 156 valence electrons. The number of rotatable bonds is 5. The number of amides is 1. The van der Waals surface area contributed by atoms with Crippen LogP contribution < -0.4 is 4.90 Å². The normalized spacial score (nSPS) is 17.9. The van der Waals surface area contributed by atoms with E-state index < -0.39 is 10.0 Å². The molecule has 1 aliphatic heterocycles. The lowest BCUT2D eigenvalue weighted by molar-refractivity contribution is 0.0987. The summed E-state index contributed by atoms with van der Waals surface area (Å²) in [5, 5.41) is 0.110. The molecule has 2 heterocycles. The minimum Gasteiger partial charge on any atom is -0.291 e. The topological polar surface area (TPSA) is 83.5 Å². The zero-order valence-corrected chi connectivity index (χ0v) is 18.4. The monoisotopic (exact) mass is 436 g/mol. The van der Waals surface area contributed by atoms with Gasteiger partial charge in [0.2, 0.25) is 10.0 Å². The molecule has 0 N–H and O–H groups in total. The Bertz CT molecular complexity index is 1010. The molecule has 0 aliphatic carbocycles. The van der Waals surface area contributed by atoms with E-state index in [1.54, 1.807) is 13.1 Å². The first-order valence-electron chi connectivity index (χ1n) is 9.64. The molecular weight excluding hydrogens is 412 g/mol. The number of aromatic nitrogens is 2. The molecule has 7 nitrogen and oxygen atoms in total. The van der Waals surface area contributed by atoms with Gasteiger partial charge in [-0.25, -0.2) is 13.4 Å². The first-order chi connectivity index (χ1) is 13.8. The minimum atomic E-state index is -3.78. The van der Waals surface area contributed by atoms with Crippen molar-refractivity contribution in [1.82, 2.24) is 14.3 Å². The number of halogens is 1. The van der Waals surface area contributed by atoms with Crippen LogP contribution in [0.1, 0.15) is 42.7 Å². The number of nitrogens with zero attached hydrogens (tertiary/aromatic N) is 4. The second-order valence-electron chi connectivity index (χ2n) is 7.27. The maximum absolute atomic E-state index is 13.2. The summed E-state index contributed by atoms with van der Waals surface area (Å²) in [5.74, 6) is 0.387. The number of hydrogen-bond acceptors (Lipinski definition) is 5. The van der Waals surface area contributed by atoms with Crippen molar-refractivity contribution in [1.29, 1.82) is 0 Å². The van der Waals surface area contributed by atoms with Gasteiger partial charge in [0.1, 0.15) is 4.90 Å². The number of benzene rings is 1. The lowest BCUT2D eigenvalue weighted by Gasteiger charge is -2.30. The molecule has 1 fully saturated rings. The van der Waals surface area contributed by atoms with Crippen LogP contribution in [-0.4, -0.2) is 48.2 Å². The molecule has 1 aromatic carbocycles. The van der Waals surface area contributed by atoms with Gasteiger partial charge in [0.05, 0.1) is 10.7 Å². The highest BCUT2D eigenvalue weighted by Gasteiger charge is 2.31. The third-order valence-electron chi connectivity index (χ3n) is 5.09. The fourth-order valence-corrected chi connectivity index (χ4v) is 5.65. The van der Waals surface area contributed by atoms with Gasteiger partial charge >= 0.3 is 0 Å². The molecule has 3 rings (SSSR count). The van der Waals surface area contributed by atoms with E-state index in [9.17, 15) is 13.2 Å². The molecule has 0 radical (unpaired) electrons. The Labute approximate surface area is 176 Å². The zero-order chi connectivity index (χ0) is 21.2. The molecule has 2 aromatic rings. The minimum absolute atomic E-state index is 0.0361. The largest absolute Gasteiger partial charge is 0.291 e. The van der Waals surface area contributed by atoms with Crippen LogP contribution >= 0.6 is 11.6 Å². The second-order valence-corrected chi connectivity index (χ2v) is 9.58. The van der Waals surface area contributed by atoms with Crippen LogP contribution in [0.2, 0.25) is 5.02 Å². The maximum Gasteiger partial charge on any atom is 0.259 e. The second kappa shape index (κ2) is 8.77. The van der Waals surface area contributed by atoms with Crippen molar-refractivity contribution in [2.75, 3.05) is 24.5 Å². The number of carbonyl (C=O) groups is 1. The molecule has 0 spiro atoms. The van der Waals surface area contributed by atoms with Gasteiger partial charge in [-0.2, -0.15) is 4.31 Å². The predicted octanol–water partition coefficient (Wildman–Crippen LogP) is 3.53. The van der Waals surface area contributed by atoms with E-state index in [1.807, 2.05) is 13.8 Å². The Kier molecular flexibility index (Phi) is 6.55. The number of anilines is 1. The molecule has 1 amide bonds. The summed E-state index contributed by atoms with van der Waals surface area (Å²) in [5.41, 5.74) is 0.858. The average Bonchev–Trinajstić information content (AvgIpc) is 2.70. The SMILES string of the molecule is CCN(C(=O)c1ccc(Cl)c(S(=O)(=O)N2CCC[C@H](C)C2)c1)c1nccnc1C. The fourth-order valence-electron chi connectivity index (χ4n) is 3.55. The van der Waals surface area contributed by atoms with Gasteiger partial charge in [-0.1, -0.05) is 18.5 Å². The molecule has 1 atom stereocenters. The van der Waals surface area contributed by atoms with Crippen molar-refractivity contribution in [2.45, 2.75) is 38.5 Å². The van der Waals surface area contributed by atoms with Gasteiger partial charge in [0, 0.05) is 37.6 Å². The first kappa shape index (κ1) is 21.7. The standard InChI is InChI=1S/C20H25ClN4O3S/c1-4-25(19-15(3)22-9-10-23-19)20(26)16-7-8-17(21)18(12-16)29(27,28)24-11-5-6-14(2)13-24/h7-10,12,14H,4-6,11,13H2,1-3H3/t14-/m0/s1. The molecule has 1 aliphatic rings. The summed E-state index contributed by atoms with van der Waals surface area (Å²) < 4.78 is 27.8. The van der Waals surface area contributed by atoms with Crippen molar-refractivity contribution in [3.63, 3.8) is 0 Å². The van der Waals surface area contributed by atoms with Crippen LogP contribution in [0, 0.1) is 12.8 Å². The third kappa shape index (κ3) is 4.44. The number of carbonyl (C=O) groups excluding carboxylic acids is 1. The van der Waals surface area contributed by atoms with Gasteiger partial charge in [0.15, 0.2) is 5.82 Å². The maximum atomic E-state index is 13.2. The highest BCUT2D eigenvalue weighted by Crippen LogP contribution is 2.30. The quantitative estimate of drug-likeness (QED) is 0.715. The molecule has 29 heavy (non-hydrogen) atoms. The fraction of sp³-hybridized carbons (Fsp3) is 0.450. The van der Waals surface area contributed by atoms with Crippen molar-refractivity contribution in [3.05, 3.63) is 46.9 Å². The van der Waals surface area contributed by atoms with E-state index in [4.69, 9.17) is 11.6 Å². The Morgan fingerprint density at radius 3 is 2.69 bits per heavy atom. The van der Waals surface area contributed by atoms with Gasteiger partial charge < -0.3 is 0 Å². The number of hydrogen-bond donors (Lipinski definition) is 0. The summed E-state index contributed by atoms with van der Waals surface area (Å²) in [6.07, 6.45) is 4.89. The Morgan fingerprint density at radius 1 is 1.31 bits per heavy atom. The van der Waals surface area contributed by atoms with E-state index in [2.05, 4.69) is 9.97 Å². The Balaban J connectivity index is 1.98. The molecule has 0 bridgehead atoms. The highest BCUT2D eigenvalue weighted by molar-refractivity contribution is 7.89. The third-order valence-corrected chi connectivity index (χ3v) is 7.43. The van der Waals surface area contributed by atoms with E-state index in [-0.39, 0.29) is 27.3 Å². The summed E-state index contributed by atoms with van der Waals surface area (Å²) in [4.78, 5) is 23.0. The average molecular weight is 437 g/mol. The van der Waals surface area contributed by atoms with Crippen LogP contribution in [0.5, 0.6) is 0 Å². The van der Waals surface area contributed by atoms with Crippen LogP contribution in [-0.2, 0) is 10.0 Å². The summed E-state index contributed by atoms with van der Waals surface area (Å²) >= 11 is 6.24. The number of piperidine rings is 1. The van der Waals surface area contributed by atoms with Crippen LogP contribution in [0.25, 0.3) is 0 Å². The lowest BCUT2D eigenvalue weighted by atomic mass is 10.0. The van der Waals surface area contributed by atoms with Crippen molar-refractivity contribution in [3.8, 4) is 0 Å². The van der Waals surface area contributed by atoms with Gasteiger partial charge in [-0.05, 0) is 50.8 Å². The van der Waals surface area contributed by atoms with Crippen LogP contribution in [0.3, 0.4) is 0 Å². The molecule has 1 aromatic heterocycles. The van der Waals surface area contributed by atoms with E-state index in [0.717, 1.165) is 12.8 Å². The molecule has 9 heteroatoms. The summed E-state index contributed by atoms with van der Waals surface area (Å²) in [7, 11) is -3.78. The summed E-state index contributed by atoms with van der Waals surface area (Å²) in [6.45, 7) is 6.92. The van der Waals surface area contributed by atoms with Crippen LogP contribution in [0.15, 0.2) is 35.5 Å². The van der Waals surface area contributed by atoms with E-state index in [0.29, 0.717) is 31.1 Å². The van der Waals surface area contributed by atoms with Crippen molar-refractivity contribution < 1.29 is 13.2 Å². The van der Waals surface area contributed by atoms with E-state index in [1.165, 1.54) is 33.6 Å². The molecule has 0 saturated carbocycles. The smallest absolute Gasteiger partial charge is 0.259 e. The summed E-state index contributed by atoms with van der Waals surface area (Å²) in [6, 6.07) is 4.37. The van der Waals surface area contributed by atoms with Gasteiger partial charge in [0.25, 0.3) is 5.91 Å². The Morgan fingerprint density at radius 2 is 2.03 bits per heavy atom. The first-order valence-corrected chi connectivity index (χ1v) is 11.5.